The van der Waals surface area contributed by atoms with Crippen molar-refractivity contribution in [1.82, 2.24) is 0 Å². The fourth-order valence-corrected chi connectivity index (χ4v) is 2.44. The zero-order valence-electron chi connectivity index (χ0n) is 12.8. The summed E-state index contributed by atoms with van der Waals surface area (Å²) in [6.07, 6.45) is -13.4. The number of rotatable bonds is 4. The average Bonchev–Trinajstić information content (AvgIpc) is 2.54. The minimum Gasteiger partial charge on any atom is -0.463 e. The highest BCUT2D eigenvalue weighted by molar-refractivity contribution is 5.65. The average molecular weight is 354 g/mol. The van der Waals surface area contributed by atoms with E-state index in [4.69, 9.17) is 18.9 Å². The maximum atomic E-state index is 10.8. The van der Waals surface area contributed by atoms with Gasteiger partial charge in [-0.15, -0.1) is 0 Å². The number of hydrogen-bond donors (Lipinski definition) is 6. The molecule has 2 fully saturated rings. The number of carbonyl (C=O) groups is 1. The number of carbonyl (C=O) groups excluding carboxylic acids is 1. The molecule has 0 spiro atoms. The quantitative estimate of drug-likeness (QED) is 0.270. The van der Waals surface area contributed by atoms with Crippen LogP contribution in [0, 0.1) is 0 Å². The van der Waals surface area contributed by atoms with Gasteiger partial charge >= 0.3 is 5.97 Å². The highest BCUT2D eigenvalue weighted by Crippen LogP contribution is 2.26. The number of hydrogen-bond acceptors (Lipinski definition) is 11. The zero-order chi connectivity index (χ0) is 18.0. The Hall–Kier alpha value is -0.890. The van der Waals surface area contributed by atoms with Crippen LogP contribution in [0.2, 0.25) is 0 Å². The highest BCUT2D eigenvalue weighted by Gasteiger charge is 2.47. The lowest BCUT2D eigenvalue weighted by Crippen LogP contribution is -2.62. The minimum atomic E-state index is -1.66. The van der Waals surface area contributed by atoms with E-state index in [1.54, 1.807) is 0 Å². The van der Waals surface area contributed by atoms with Gasteiger partial charge in [-0.3, -0.25) is 4.79 Å². The first kappa shape index (κ1) is 19.4. The minimum absolute atomic E-state index is 0.306. The van der Waals surface area contributed by atoms with Gasteiger partial charge in [0.2, 0.25) is 0 Å². The largest absolute Gasteiger partial charge is 0.463 e. The third kappa shape index (κ3) is 4.20. The van der Waals surface area contributed by atoms with Crippen LogP contribution in [0.1, 0.15) is 6.92 Å². The van der Waals surface area contributed by atoms with Crippen LogP contribution < -0.4 is 0 Å². The third-order valence-electron chi connectivity index (χ3n) is 3.88. The summed E-state index contributed by atoms with van der Waals surface area (Å²) < 4.78 is 20.1. The van der Waals surface area contributed by atoms with Crippen LogP contribution >= 0.6 is 0 Å². The molecule has 0 radical (unpaired) electrons. The number of esters is 1. The molecule has 0 bridgehead atoms. The molecule has 2 saturated heterocycles. The van der Waals surface area contributed by atoms with Crippen molar-refractivity contribution in [2.75, 3.05) is 13.2 Å². The molecule has 2 heterocycles. The van der Waals surface area contributed by atoms with E-state index >= 15 is 0 Å². The summed E-state index contributed by atoms with van der Waals surface area (Å²) in [6.45, 7) is 0.460. The Morgan fingerprint density at radius 3 is 2.29 bits per heavy atom. The molecule has 0 unspecified atom stereocenters. The van der Waals surface area contributed by atoms with Gasteiger partial charge in [-0.25, -0.2) is 0 Å². The van der Waals surface area contributed by atoms with Gasteiger partial charge in [-0.2, -0.15) is 0 Å². The molecule has 0 aliphatic carbocycles. The first-order valence-corrected chi connectivity index (χ1v) is 7.36. The Balaban J connectivity index is 2.01. The van der Waals surface area contributed by atoms with E-state index in [0.29, 0.717) is 0 Å². The summed E-state index contributed by atoms with van der Waals surface area (Å²) in [7, 11) is 0. The van der Waals surface area contributed by atoms with Crippen molar-refractivity contribution in [1.29, 1.82) is 0 Å². The van der Waals surface area contributed by atoms with E-state index in [9.17, 15) is 35.4 Å². The Bertz CT molecular complexity index is 432. The predicted molar refractivity (Wildman–Crippen MR) is 72.2 cm³/mol. The van der Waals surface area contributed by atoms with Gasteiger partial charge in [-0.05, 0) is 0 Å². The molecule has 0 aromatic heterocycles. The topological polar surface area (TPSA) is 175 Å². The molecule has 0 aromatic carbocycles. The van der Waals surface area contributed by atoms with E-state index in [0.717, 1.165) is 6.92 Å². The van der Waals surface area contributed by atoms with Gasteiger partial charge in [0.15, 0.2) is 12.6 Å². The van der Waals surface area contributed by atoms with Gasteiger partial charge in [-0.1, -0.05) is 0 Å². The molecular formula is C13H22O11. The van der Waals surface area contributed by atoms with Gasteiger partial charge in [0, 0.05) is 6.92 Å². The summed E-state index contributed by atoms with van der Waals surface area (Å²) in [5.74, 6) is -0.628. The first-order chi connectivity index (χ1) is 11.2. The van der Waals surface area contributed by atoms with Gasteiger partial charge in [0.25, 0.3) is 0 Å². The van der Waals surface area contributed by atoms with Crippen molar-refractivity contribution in [3.63, 3.8) is 0 Å². The van der Waals surface area contributed by atoms with Crippen molar-refractivity contribution in [3.8, 4) is 0 Å². The molecule has 0 amide bonds. The van der Waals surface area contributed by atoms with E-state index in [2.05, 4.69) is 0 Å². The Kier molecular flexibility index (Phi) is 6.47. The Morgan fingerprint density at radius 2 is 1.67 bits per heavy atom. The van der Waals surface area contributed by atoms with Crippen LogP contribution in [0.5, 0.6) is 0 Å². The Morgan fingerprint density at radius 1 is 1.00 bits per heavy atom. The van der Waals surface area contributed by atoms with Crippen LogP contribution in [-0.2, 0) is 23.7 Å². The molecule has 2 aliphatic heterocycles. The van der Waals surface area contributed by atoms with E-state index in [1.807, 2.05) is 0 Å². The molecule has 0 saturated carbocycles. The molecule has 24 heavy (non-hydrogen) atoms. The lowest BCUT2D eigenvalue weighted by Gasteiger charge is -2.43. The second kappa shape index (κ2) is 7.99. The van der Waals surface area contributed by atoms with Crippen molar-refractivity contribution in [2.45, 2.75) is 62.2 Å². The number of aliphatic hydroxyl groups excluding tert-OH is 6. The van der Waals surface area contributed by atoms with Crippen molar-refractivity contribution >= 4 is 5.97 Å². The predicted octanol–water partition coefficient (Wildman–Crippen LogP) is -4.19. The summed E-state index contributed by atoms with van der Waals surface area (Å²) in [6, 6.07) is 0. The normalized spacial score (nSPS) is 46.5. The lowest BCUT2D eigenvalue weighted by molar-refractivity contribution is -0.340. The first-order valence-electron chi connectivity index (χ1n) is 7.36. The fourth-order valence-electron chi connectivity index (χ4n) is 2.44. The number of ether oxygens (including phenoxy) is 4. The molecule has 2 rings (SSSR count). The van der Waals surface area contributed by atoms with E-state index in [1.165, 1.54) is 0 Å². The summed E-state index contributed by atoms with van der Waals surface area (Å²) in [4.78, 5) is 10.8. The van der Waals surface area contributed by atoms with Gasteiger partial charge < -0.3 is 49.6 Å². The van der Waals surface area contributed by atoms with Crippen molar-refractivity contribution < 1.29 is 54.4 Å². The lowest BCUT2D eigenvalue weighted by atomic mass is 9.99. The van der Waals surface area contributed by atoms with Crippen molar-refractivity contribution in [2.24, 2.45) is 0 Å². The third-order valence-corrected chi connectivity index (χ3v) is 3.88. The maximum Gasteiger partial charge on any atom is 0.302 e. The molecular weight excluding hydrogens is 332 g/mol. The molecule has 2 aliphatic rings. The summed E-state index contributed by atoms with van der Waals surface area (Å²) in [5, 5.41) is 58.3. The molecule has 0 aromatic rings. The standard InChI is InChI=1S/C13H22O11/c1-4(14)21-2-5-7(15)9(17)11(19)13(23-5)24-6-3-22-12(20)10(18)8(6)16/h5-13,15-20H,2-3H2,1H3/t5-,6-,7+,8+,9+,10-,11-,12-,13+/m1/s1. The van der Waals surface area contributed by atoms with Gasteiger partial charge in [0.05, 0.1) is 6.61 Å². The van der Waals surface area contributed by atoms with Crippen LogP contribution in [0.4, 0.5) is 0 Å². The molecule has 9 atom stereocenters. The molecule has 140 valence electrons. The maximum absolute atomic E-state index is 10.8. The second-order valence-electron chi connectivity index (χ2n) is 5.70. The summed E-state index contributed by atoms with van der Waals surface area (Å²) in [5.41, 5.74) is 0. The fraction of sp³-hybridized carbons (Fsp3) is 0.923. The highest BCUT2D eigenvalue weighted by atomic mass is 16.7. The summed E-state index contributed by atoms with van der Waals surface area (Å²) >= 11 is 0. The van der Waals surface area contributed by atoms with Crippen LogP contribution in [0.15, 0.2) is 0 Å². The van der Waals surface area contributed by atoms with Crippen LogP contribution in [0.25, 0.3) is 0 Å². The second-order valence-corrected chi connectivity index (χ2v) is 5.70. The van der Waals surface area contributed by atoms with E-state index < -0.39 is 61.3 Å². The van der Waals surface area contributed by atoms with Crippen LogP contribution in [0.3, 0.4) is 0 Å². The monoisotopic (exact) mass is 354 g/mol. The zero-order valence-corrected chi connectivity index (χ0v) is 12.8. The smallest absolute Gasteiger partial charge is 0.302 e. The van der Waals surface area contributed by atoms with Crippen molar-refractivity contribution in [3.05, 3.63) is 0 Å². The SMILES string of the molecule is CC(=O)OC[C@H]1O[C@@H](O[C@@H]2CO[C@@H](O)[C@H](O)[C@H]2O)[C@H](O)[C@@H](O)[C@H]1O. The van der Waals surface area contributed by atoms with E-state index in [-0.39, 0.29) is 13.2 Å². The molecule has 11 nitrogen and oxygen atoms in total. The van der Waals surface area contributed by atoms with Gasteiger partial charge in [0.1, 0.15) is 49.3 Å². The molecule has 6 N–H and O–H groups in total. The Labute approximate surface area is 136 Å². The number of aliphatic hydroxyl groups is 6. The molecule has 11 heteroatoms. The van der Waals surface area contributed by atoms with Crippen LogP contribution in [-0.4, -0.2) is 105 Å².